The molecule has 0 saturated carbocycles. The number of carboxylic acid groups (broad SMARTS) is 1. The zero-order chi connectivity index (χ0) is 14.0. The third kappa shape index (κ3) is 2.84. The summed E-state index contributed by atoms with van der Waals surface area (Å²) in [5.74, 6) is -0.559. The topological polar surface area (TPSA) is 75.5 Å². The molecule has 2 rings (SSSR count). The highest BCUT2D eigenvalue weighted by molar-refractivity contribution is 5.95. The van der Waals surface area contributed by atoms with Crippen LogP contribution in [0.1, 0.15) is 34.5 Å². The highest BCUT2D eigenvalue weighted by Gasteiger charge is 2.24. The number of nitrogens with zero attached hydrogens (tertiary/aromatic N) is 3. The molecule has 1 aromatic heterocycles. The number of anilines is 1. The van der Waals surface area contributed by atoms with E-state index in [2.05, 4.69) is 10.2 Å². The van der Waals surface area contributed by atoms with Gasteiger partial charge in [-0.3, -0.25) is 0 Å². The quantitative estimate of drug-likeness (QED) is 0.887. The van der Waals surface area contributed by atoms with E-state index in [-0.39, 0.29) is 11.7 Å². The van der Waals surface area contributed by atoms with E-state index in [0.717, 1.165) is 19.4 Å². The molecular formula is C13H19N3O3. The number of carbonyl (C=O) groups is 1. The van der Waals surface area contributed by atoms with Crippen molar-refractivity contribution in [2.45, 2.75) is 32.8 Å². The molecule has 1 N–H and O–H groups in total. The smallest absolute Gasteiger partial charge is 0.339 e. The molecule has 1 aliphatic heterocycles. The molecule has 1 atom stereocenters. The lowest BCUT2D eigenvalue weighted by Crippen LogP contribution is -2.31. The first-order valence-electron chi connectivity index (χ1n) is 6.40. The van der Waals surface area contributed by atoms with Crippen LogP contribution in [0.15, 0.2) is 0 Å². The molecule has 1 saturated heterocycles. The number of carboxylic acids is 1. The number of aromatic carboxylic acids is 1. The first-order valence-corrected chi connectivity index (χ1v) is 6.40. The van der Waals surface area contributed by atoms with Gasteiger partial charge in [0, 0.05) is 20.2 Å². The zero-order valence-electron chi connectivity index (χ0n) is 11.5. The molecule has 104 valence electrons. The Kier molecular flexibility index (Phi) is 3.99. The molecule has 0 spiro atoms. The van der Waals surface area contributed by atoms with Gasteiger partial charge in [-0.25, -0.2) is 4.79 Å². The van der Waals surface area contributed by atoms with Gasteiger partial charge in [0.1, 0.15) is 5.56 Å². The summed E-state index contributed by atoms with van der Waals surface area (Å²) in [6.07, 6.45) is 2.21. The third-order valence-corrected chi connectivity index (χ3v) is 3.51. The monoisotopic (exact) mass is 265 g/mol. The Morgan fingerprint density at radius 1 is 1.47 bits per heavy atom. The molecule has 0 amide bonds. The van der Waals surface area contributed by atoms with Gasteiger partial charge >= 0.3 is 5.97 Å². The minimum Gasteiger partial charge on any atom is -0.478 e. The van der Waals surface area contributed by atoms with E-state index in [1.54, 1.807) is 13.8 Å². The van der Waals surface area contributed by atoms with Crippen LogP contribution in [0, 0.1) is 13.8 Å². The lowest BCUT2D eigenvalue weighted by Gasteiger charge is -2.23. The zero-order valence-corrected chi connectivity index (χ0v) is 11.5. The van der Waals surface area contributed by atoms with Crippen LogP contribution in [0.5, 0.6) is 0 Å². The van der Waals surface area contributed by atoms with Crippen molar-refractivity contribution in [3.05, 3.63) is 16.8 Å². The van der Waals surface area contributed by atoms with Crippen molar-refractivity contribution in [2.75, 3.05) is 25.1 Å². The maximum Gasteiger partial charge on any atom is 0.339 e. The molecule has 6 nitrogen and oxygen atoms in total. The highest BCUT2D eigenvalue weighted by Crippen LogP contribution is 2.23. The molecule has 0 bridgehead atoms. The average molecular weight is 265 g/mol. The van der Waals surface area contributed by atoms with Crippen LogP contribution in [0.25, 0.3) is 0 Å². The SMILES string of the molecule is Cc1nnc(N(C)CC2CCCO2)c(C(=O)O)c1C. The number of aromatic nitrogens is 2. The summed E-state index contributed by atoms with van der Waals surface area (Å²) in [6, 6.07) is 0. The Labute approximate surface area is 112 Å². The molecule has 0 radical (unpaired) electrons. The van der Waals surface area contributed by atoms with Gasteiger partial charge in [0.15, 0.2) is 5.82 Å². The van der Waals surface area contributed by atoms with Gasteiger partial charge in [-0.1, -0.05) is 0 Å². The van der Waals surface area contributed by atoms with E-state index < -0.39 is 5.97 Å². The van der Waals surface area contributed by atoms with Crippen LogP contribution in [-0.4, -0.2) is 47.6 Å². The summed E-state index contributed by atoms with van der Waals surface area (Å²) >= 11 is 0. The van der Waals surface area contributed by atoms with Gasteiger partial charge < -0.3 is 14.7 Å². The van der Waals surface area contributed by atoms with Crippen molar-refractivity contribution in [1.29, 1.82) is 0 Å². The maximum absolute atomic E-state index is 11.4. The summed E-state index contributed by atoms with van der Waals surface area (Å²) < 4.78 is 5.56. The molecule has 1 fully saturated rings. The Morgan fingerprint density at radius 2 is 2.21 bits per heavy atom. The van der Waals surface area contributed by atoms with Gasteiger partial charge in [-0.2, -0.15) is 5.10 Å². The van der Waals surface area contributed by atoms with Crippen LogP contribution in [0.4, 0.5) is 5.82 Å². The molecule has 1 unspecified atom stereocenters. The van der Waals surface area contributed by atoms with Crippen LogP contribution in [0.3, 0.4) is 0 Å². The lowest BCUT2D eigenvalue weighted by atomic mass is 10.1. The Morgan fingerprint density at radius 3 is 2.79 bits per heavy atom. The first kappa shape index (κ1) is 13.7. The maximum atomic E-state index is 11.4. The van der Waals surface area contributed by atoms with Crippen LogP contribution < -0.4 is 4.90 Å². The number of likely N-dealkylation sites (N-methyl/N-ethyl adjacent to an activating group) is 1. The normalized spacial score (nSPS) is 18.6. The molecule has 0 aromatic carbocycles. The number of rotatable bonds is 4. The van der Waals surface area contributed by atoms with Gasteiger partial charge in [0.05, 0.1) is 11.8 Å². The molecule has 2 heterocycles. The molecule has 1 aromatic rings. The Bertz CT molecular complexity index is 484. The fraction of sp³-hybridized carbons (Fsp3) is 0.615. The van der Waals surface area contributed by atoms with E-state index >= 15 is 0 Å². The summed E-state index contributed by atoms with van der Waals surface area (Å²) in [6.45, 7) is 4.94. The lowest BCUT2D eigenvalue weighted by molar-refractivity contribution is 0.0695. The van der Waals surface area contributed by atoms with Gasteiger partial charge in [-0.15, -0.1) is 5.10 Å². The van der Waals surface area contributed by atoms with Gasteiger partial charge in [0.25, 0.3) is 0 Å². The van der Waals surface area contributed by atoms with E-state index in [1.807, 2.05) is 11.9 Å². The number of ether oxygens (including phenoxy) is 1. The molecule has 0 aliphatic carbocycles. The molecular weight excluding hydrogens is 246 g/mol. The average Bonchev–Trinajstić information content (AvgIpc) is 2.84. The van der Waals surface area contributed by atoms with Crippen LogP contribution in [-0.2, 0) is 4.74 Å². The van der Waals surface area contributed by atoms with E-state index in [4.69, 9.17) is 4.74 Å². The fourth-order valence-electron chi connectivity index (χ4n) is 2.30. The van der Waals surface area contributed by atoms with Crippen molar-refractivity contribution < 1.29 is 14.6 Å². The molecule has 6 heteroatoms. The van der Waals surface area contributed by atoms with Crippen molar-refractivity contribution in [3.8, 4) is 0 Å². The summed E-state index contributed by atoms with van der Waals surface area (Å²) in [5, 5.41) is 17.4. The van der Waals surface area contributed by atoms with Crippen molar-refractivity contribution in [1.82, 2.24) is 10.2 Å². The van der Waals surface area contributed by atoms with E-state index in [0.29, 0.717) is 23.6 Å². The standard InChI is InChI=1S/C13H19N3O3/c1-8-9(2)14-15-12(11(8)13(17)18)16(3)7-10-5-4-6-19-10/h10H,4-7H2,1-3H3,(H,17,18). The predicted octanol–water partition coefficient (Wildman–Crippen LogP) is 1.41. The van der Waals surface area contributed by atoms with E-state index in [1.165, 1.54) is 0 Å². The summed E-state index contributed by atoms with van der Waals surface area (Å²) in [5.41, 5.74) is 1.54. The second kappa shape index (κ2) is 5.52. The number of hydrogen-bond donors (Lipinski definition) is 1. The predicted molar refractivity (Wildman–Crippen MR) is 70.7 cm³/mol. The highest BCUT2D eigenvalue weighted by atomic mass is 16.5. The minimum atomic E-state index is -0.968. The second-order valence-corrected chi connectivity index (χ2v) is 4.93. The Balaban J connectivity index is 2.27. The largest absolute Gasteiger partial charge is 0.478 e. The molecule has 1 aliphatic rings. The number of aryl methyl sites for hydroxylation is 1. The van der Waals surface area contributed by atoms with Crippen LogP contribution in [0.2, 0.25) is 0 Å². The summed E-state index contributed by atoms with van der Waals surface area (Å²) in [7, 11) is 1.83. The van der Waals surface area contributed by atoms with E-state index in [9.17, 15) is 9.90 Å². The van der Waals surface area contributed by atoms with Crippen molar-refractivity contribution in [2.24, 2.45) is 0 Å². The summed E-state index contributed by atoms with van der Waals surface area (Å²) in [4.78, 5) is 13.2. The number of hydrogen-bond acceptors (Lipinski definition) is 5. The van der Waals surface area contributed by atoms with Gasteiger partial charge in [0.2, 0.25) is 0 Å². The van der Waals surface area contributed by atoms with Gasteiger partial charge in [-0.05, 0) is 32.3 Å². The third-order valence-electron chi connectivity index (χ3n) is 3.51. The fourth-order valence-corrected chi connectivity index (χ4v) is 2.30. The first-order chi connectivity index (χ1) is 9.00. The second-order valence-electron chi connectivity index (χ2n) is 4.93. The Hall–Kier alpha value is -1.69. The van der Waals surface area contributed by atoms with Crippen molar-refractivity contribution in [3.63, 3.8) is 0 Å². The van der Waals surface area contributed by atoms with Crippen LogP contribution >= 0.6 is 0 Å². The minimum absolute atomic E-state index is 0.148. The molecule has 19 heavy (non-hydrogen) atoms. The van der Waals surface area contributed by atoms with Crippen molar-refractivity contribution >= 4 is 11.8 Å².